The van der Waals surface area contributed by atoms with Gasteiger partial charge < -0.3 is 11.1 Å². The van der Waals surface area contributed by atoms with E-state index in [1.165, 1.54) is 0 Å². The molecule has 0 aliphatic heterocycles. The number of halogens is 8. The third-order valence-electron chi connectivity index (χ3n) is 5.46. The van der Waals surface area contributed by atoms with Gasteiger partial charge in [-0.2, -0.15) is 13.2 Å². The molecule has 0 fully saturated rings. The third-order valence-corrected chi connectivity index (χ3v) is 6.56. The molecule has 4 nitrogen and oxygen atoms in total. The number of hydrogen-bond acceptors (Lipinski definition) is 4. The van der Waals surface area contributed by atoms with Crippen LogP contribution in [-0.2, 0) is 6.18 Å². The van der Waals surface area contributed by atoms with Gasteiger partial charge in [0, 0.05) is 5.39 Å². The first-order valence-electron chi connectivity index (χ1n) is 9.93. The summed E-state index contributed by atoms with van der Waals surface area (Å²) in [5, 5.41) is 1.53. The minimum Gasteiger partial charge on any atom is -0.397 e. The molecule has 0 aliphatic carbocycles. The number of nitrogens with two attached hydrogens (primary N) is 1. The molecule has 0 saturated heterocycles. The van der Waals surface area contributed by atoms with Gasteiger partial charge in [-0.3, -0.25) is 4.79 Å². The van der Waals surface area contributed by atoms with Gasteiger partial charge in [-0.05, 0) is 42.2 Å². The summed E-state index contributed by atoms with van der Waals surface area (Å²) in [7, 11) is 0. The van der Waals surface area contributed by atoms with Crippen LogP contribution >= 0.6 is 11.3 Å². The Morgan fingerprint density at radius 3 is 2.06 bits per heavy atom. The number of amides is 1. The number of carbonyl (C=O) groups excluding carboxylic acids is 1. The van der Waals surface area contributed by atoms with Crippen LogP contribution in [0.25, 0.3) is 21.3 Å². The van der Waals surface area contributed by atoms with Crippen molar-refractivity contribution in [2.24, 2.45) is 0 Å². The van der Waals surface area contributed by atoms with E-state index in [0.29, 0.717) is 16.9 Å². The Morgan fingerprint density at radius 1 is 0.917 bits per heavy atom. The van der Waals surface area contributed by atoms with Crippen LogP contribution in [0.2, 0.25) is 0 Å². The lowest BCUT2D eigenvalue weighted by atomic mass is 9.97. The van der Waals surface area contributed by atoms with E-state index in [1.54, 1.807) is 37.4 Å². The van der Waals surface area contributed by atoms with Crippen LogP contribution < -0.4 is 11.1 Å². The van der Waals surface area contributed by atoms with Crippen molar-refractivity contribution in [3.63, 3.8) is 0 Å². The van der Waals surface area contributed by atoms with Crippen molar-refractivity contribution in [1.82, 2.24) is 4.98 Å². The van der Waals surface area contributed by atoms with E-state index in [0.717, 1.165) is 17.2 Å². The van der Waals surface area contributed by atoms with Crippen LogP contribution in [0.3, 0.4) is 0 Å². The number of anilines is 2. The standard InChI is InChI=1S/C23H13F8N3OS/c1-7-3-4-9(5-8(7)2)10-6-11(23(29,30)31)33-22-12(10)18(32)20(36-22)21(35)34-19-16(27)14(25)13(24)15(26)17(19)28/h3-6H,32H2,1-2H3,(H,34,35). The van der Waals surface area contributed by atoms with Crippen LogP contribution in [0.1, 0.15) is 26.5 Å². The Hall–Kier alpha value is -3.74. The lowest BCUT2D eigenvalue weighted by Gasteiger charge is -2.12. The normalized spacial score (nSPS) is 11.8. The zero-order valence-electron chi connectivity index (χ0n) is 18.2. The first kappa shape index (κ1) is 25.4. The highest BCUT2D eigenvalue weighted by atomic mass is 32.1. The zero-order chi connectivity index (χ0) is 26.7. The molecule has 0 bridgehead atoms. The lowest BCUT2D eigenvalue weighted by molar-refractivity contribution is -0.140. The minimum absolute atomic E-state index is 0.0144. The summed E-state index contributed by atoms with van der Waals surface area (Å²) in [5.41, 5.74) is 4.68. The van der Waals surface area contributed by atoms with E-state index in [-0.39, 0.29) is 21.5 Å². The molecule has 2 aromatic heterocycles. The van der Waals surface area contributed by atoms with Crippen LogP contribution in [0.15, 0.2) is 24.3 Å². The average molecular weight is 531 g/mol. The highest BCUT2D eigenvalue weighted by Gasteiger charge is 2.35. The number of thiophene rings is 1. The molecule has 4 rings (SSSR count). The Kier molecular flexibility index (Phi) is 6.15. The molecule has 4 aromatic rings. The maximum absolute atomic E-state index is 14.0. The molecular formula is C23H13F8N3OS. The summed E-state index contributed by atoms with van der Waals surface area (Å²) in [5.74, 6) is -13.0. The number of pyridine rings is 1. The maximum atomic E-state index is 14.0. The molecule has 0 atom stereocenters. The molecule has 188 valence electrons. The van der Waals surface area contributed by atoms with Crippen LogP contribution in [-0.4, -0.2) is 10.9 Å². The topological polar surface area (TPSA) is 68.0 Å². The van der Waals surface area contributed by atoms with Crippen LogP contribution in [0.5, 0.6) is 0 Å². The number of nitrogens with zero attached hydrogens (tertiary/aromatic N) is 1. The highest BCUT2D eigenvalue weighted by molar-refractivity contribution is 7.21. The number of aryl methyl sites for hydroxylation is 2. The smallest absolute Gasteiger partial charge is 0.397 e. The number of nitrogen functional groups attached to an aromatic ring is 1. The Labute approximate surface area is 201 Å². The fourth-order valence-corrected chi connectivity index (χ4v) is 4.47. The molecule has 0 spiro atoms. The van der Waals surface area contributed by atoms with E-state index in [1.807, 2.05) is 0 Å². The van der Waals surface area contributed by atoms with Gasteiger partial charge in [-0.15, -0.1) is 11.3 Å². The van der Waals surface area contributed by atoms with E-state index in [4.69, 9.17) is 5.73 Å². The maximum Gasteiger partial charge on any atom is 0.433 e. The number of carbonyl (C=O) groups is 1. The average Bonchev–Trinajstić information content (AvgIpc) is 3.16. The van der Waals surface area contributed by atoms with E-state index in [2.05, 4.69) is 4.98 Å². The fourth-order valence-electron chi connectivity index (χ4n) is 3.46. The molecular weight excluding hydrogens is 518 g/mol. The number of nitrogens with one attached hydrogen (secondary N) is 1. The number of alkyl halides is 3. The van der Waals surface area contributed by atoms with E-state index in [9.17, 15) is 39.9 Å². The molecule has 1 amide bonds. The number of fused-ring (bicyclic) bond motifs is 1. The van der Waals surface area contributed by atoms with Crippen LogP contribution in [0, 0.1) is 42.9 Å². The van der Waals surface area contributed by atoms with Crippen molar-refractivity contribution in [1.29, 1.82) is 0 Å². The highest BCUT2D eigenvalue weighted by Crippen LogP contribution is 2.43. The Balaban J connectivity index is 1.91. The first-order valence-corrected chi connectivity index (χ1v) is 10.7. The van der Waals surface area contributed by atoms with E-state index >= 15 is 0 Å². The first-order chi connectivity index (χ1) is 16.7. The van der Waals surface area contributed by atoms with Crippen LogP contribution in [0.4, 0.5) is 46.5 Å². The van der Waals surface area contributed by atoms with Crippen molar-refractivity contribution < 1.29 is 39.9 Å². The molecule has 0 saturated carbocycles. The molecule has 0 aliphatic rings. The SMILES string of the molecule is Cc1ccc(-c2cc(C(F)(F)F)nc3sc(C(=O)Nc4c(F)c(F)c(F)c(F)c4F)c(N)c23)cc1C. The second-order valence-corrected chi connectivity index (χ2v) is 8.77. The second-order valence-electron chi connectivity index (χ2n) is 7.78. The minimum atomic E-state index is -4.86. The summed E-state index contributed by atoms with van der Waals surface area (Å²) < 4.78 is 109. The molecule has 0 radical (unpaired) electrons. The predicted octanol–water partition coefficient (Wildman–Crippen LogP) is 7.13. The Bertz CT molecular complexity index is 1530. The van der Waals surface area contributed by atoms with Gasteiger partial charge >= 0.3 is 6.18 Å². The van der Waals surface area contributed by atoms with Gasteiger partial charge in [-0.25, -0.2) is 26.9 Å². The summed E-state index contributed by atoms with van der Waals surface area (Å²) in [4.78, 5) is 15.4. The van der Waals surface area contributed by atoms with Crippen molar-refractivity contribution in [2.45, 2.75) is 20.0 Å². The monoisotopic (exact) mass is 531 g/mol. The van der Waals surface area contributed by atoms with Crippen molar-refractivity contribution in [3.05, 3.63) is 75.0 Å². The summed E-state index contributed by atoms with van der Waals surface area (Å²) in [6.07, 6.45) is -4.86. The van der Waals surface area contributed by atoms with Gasteiger partial charge in [0.25, 0.3) is 5.91 Å². The molecule has 13 heteroatoms. The van der Waals surface area contributed by atoms with Crippen molar-refractivity contribution in [2.75, 3.05) is 11.1 Å². The quantitative estimate of drug-likeness (QED) is 0.168. The molecule has 3 N–H and O–H groups in total. The second kappa shape index (κ2) is 8.73. The molecule has 36 heavy (non-hydrogen) atoms. The summed E-state index contributed by atoms with van der Waals surface area (Å²) in [6, 6.07) is 5.57. The zero-order valence-corrected chi connectivity index (χ0v) is 19.0. The number of aromatic nitrogens is 1. The van der Waals surface area contributed by atoms with Crippen molar-refractivity contribution >= 4 is 38.8 Å². The van der Waals surface area contributed by atoms with Gasteiger partial charge in [0.2, 0.25) is 5.82 Å². The summed E-state index contributed by atoms with van der Waals surface area (Å²) in [6.45, 7) is 3.53. The summed E-state index contributed by atoms with van der Waals surface area (Å²) >= 11 is 0.366. The fraction of sp³-hybridized carbons (Fsp3) is 0.130. The number of hydrogen-bond donors (Lipinski definition) is 2. The Morgan fingerprint density at radius 2 is 1.50 bits per heavy atom. The molecule has 2 heterocycles. The van der Waals surface area contributed by atoms with Gasteiger partial charge in [0.05, 0.1) is 5.69 Å². The van der Waals surface area contributed by atoms with Gasteiger partial charge in [0.15, 0.2) is 23.3 Å². The number of rotatable bonds is 3. The number of benzene rings is 2. The van der Waals surface area contributed by atoms with Gasteiger partial charge in [0.1, 0.15) is 21.1 Å². The van der Waals surface area contributed by atoms with Gasteiger partial charge in [-0.1, -0.05) is 18.2 Å². The third kappa shape index (κ3) is 4.12. The largest absolute Gasteiger partial charge is 0.433 e. The van der Waals surface area contributed by atoms with E-state index < -0.39 is 57.4 Å². The lowest BCUT2D eigenvalue weighted by Crippen LogP contribution is -2.17. The predicted molar refractivity (Wildman–Crippen MR) is 118 cm³/mol. The van der Waals surface area contributed by atoms with Crippen molar-refractivity contribution in [3.8, 4) is 11.1 Å². The molecule has 2 aromatic carbocycles. The molecule has 0 unspecified atom stereocenters.